The number of carbonyl (C=O) groups is 2. The van der Waals surface area contributed by atoms with Gasteiger partial charge in [0, 0.05) is 25.2 Å². The molecule has 0 aromatic heterocycles. The van der Waals surface area contributed by atoms with Crippen LogP contribution >= 0.6 is 0 Å². The highest BCUT2D eigenvalue weighted by Gasteiger charge is 2.35. The van der Waals surface area contributed by atoms with E-state index in [2.05, 4.69) is 13.5 Å². The number of ether oxygens (including phenoxy) is 2. The molecule has 2 fully saturated rings. The third-order valence-corrected chi connectivity index (χ3v) is 6.71. The molecule has 2 aliphatic heterocycles. The summed E-state index contributed by atoms with van der Waals surface area (Å²) < 4.78 is 11.9. The van der Waals surface area contributed by atoms with Crippen LogP contribution in [-0.4, -0.2) is 52.5 Å². The van der Waals surface area contributed by atoms with Crippen molar-refractivity contribution in [3.63, 3.8) is 0 Å². The second kappa shape index (κ2) is 12.1. The van der Waals surface area contributed by atoms with Crippen molar-refractivity contribution in [1.29, 1.82) is 0 Å². The molecule has 2 bridgehead atoms. The fourth-order valence-electron chi connectivity index (χ4n) is 4.89. The van der Waals surface area contributed by atoms with Crippen molar-refractivity contribution in [3.05, 3.63) is 12.2 Å². The molecule has 0 saturated carbocycles. The van der Waals surface area contributed by atoms with Gasteiger partial charge in [0.25, 0.3) is 0 Å². The molecule has 2 saturated heterocycles. The first-order chi connectivity index (χ1) is 14.6. The highest BCUT2D eigenvalue weighted by Crippen LogP contribution is 2.33. The van der Waals surface area contributed by atoms with Crippen LogP contribution in [-0.2, 0) is 19.1 Å². The maximum absolute atomic E-state index is 12.7. The van der Waals surface area contributed by atoms with E-state index in [1.54, 1.807) is 13.8 Å². The average molecular weight is 439 g/mol. The number of esters is 1. The van der Waals surface area contributed by atoms with Crippen LogP contribution in [0, 0.1) is 17.8 Å². The maximum atomic E-state index is 12.7. The predicted octanol–water partition coefficient (Wildman–Crippen LogP) is 3.97. The molecular weight excluding hydrogens is 396 g/mol. The van der Waals surface area contributed by atoms with E-state index < -0.39 is 18.3 Å². The summed E-state index contributed by atoms with van der Waals surface area (Å²) in [6.45, 7) is 11.6. The van der Waals surface area contributed by atoms with Crippen LogP contribution in [0.4, 0.5) is 0 Å². The number of cyclic esters (lactones) is 1. The topological polar surface area (TPSA) is 93.1 Å². The van der Waals surface area contributed by atoms with E-state index in [1.807, 2.05) is 6.92 Å². The van der Waals surface area contributed by atoms with Crippen molar-refractivity contribution in [2.24, 2.45) is 17.8 Å². The summed E-state index contributed by atoms with van der Waals surface area (Å²) in [7, 11) is 0. The minimum atomic E-state index is -1.04. The van der Waals surface area contributed by atoms with Crippen LogP contribution in [0.1, 0.15) is 85.5 Å². The molecule has 2 heterocycles. The second-order valence-corrected chi connectivity index (χ2v) is 10.1. The molecule has 0 aliphatic carbocycles. The van der Waals surface area contributed by atoms with E-state index in [-0.39, 0.29) is 35.8 Å². The highest BCUT2D eigenvalue weighted by atomic mass is 16.5. The zero-order valence-corrected chi connectivity index (χ0v) is 19.7. The Morgan fingerprint density at radius 2 is 1.74 bits per heavy atom. The summed E-state index contributed by atoms with van der Waals surface area (Å²) in [6.07, 6.45) is 3.88. The molecule has 0 amide bonds. The Morgan fingerprint density at radius 1 is 1.06 bits per heavy atom. The number of fused-ring (bicyclic) bond motifs is 2. The molecule has 0 spiro atoms. The monoisotopic (exact) mass is 438 g/mol. The van der Waals surface area contributed by atoms with Gasteiger partial charge in [-0.1, -0.05) is 45.8 Å². The Kier molecular flexibility index (Phi) is 10.2. The first-order valence-corrected chi connectivity index (χ1v) is 12.0. The van der Waals surface area contributed by atoms with Gasteiger partial charge in [-0.3, -0.25) is 9.59 Å². The average Bonchev–Trinajstić information content (AvgIpc) is 3.01. The number of rotatable bonds is 2. The SMILES string of the molecule is C=C1CC(CC(C)O)OC(=O)C(C)CCCCC2OC(CC(O)C(=O)C(C)C1)CC2C. The van der Waals surface area contributed by atoms with Crippen molar-refractivity contribution >= 4 is 11.8 Å². The Balaban J connectivity index is 2.11. The maximum Gasteiger partial charge on any atom is 0.308 e. The summed E-state index contributed by atoms with van der Waals surface area (Å²) in [6, 6.07) is 0. The van der Waals surface area contributed by atoms with Crippen molar-refractivity contribution in [1.82, 2.24) is 0 Å². The van der Waals surface area contributed by atoms with Crippen molar-refractivity contribution < 1.29 is 29.3 Å². The lowest BCUT2D eigenvalue weighted by Crippen LogP contribution is -2.31. The van der Waals surface area contributed by atoms with E-state index in [1.165, 1.54) is 0 Å². The molecule has 6 heteroatoms. The van der Waals surface area contributed by atoms with Gasteiger partial charge in [0.1, 0.15) is 12.2 Å². The van der Waals surface area contributed by atoms with Gasteiger partial charge in [-0.2, -0.15) is 0 Å². The molecule has 8 unspecified atom stereocenters. The predicted molar refractivity (Wildman–Crippen MR) is 119 cm³/mol. The fraction of sp³-hybridized carbons (Fsp3) is 0.840. The Labute approximate surface area is 187 Å². The summed E-state index contributed by atoms with van der Waals surface area (Å²) in [5.74, 6) is -0.619. The number of ketones is 1. The zero-order chi connectivity index (χ0) is 23.1. The van der Waals surface area contributed by atoms with E-state index in [4.69, 9.17) is 9.47 Å². The first kappa shape index (κ1) is 26.0. The van der Waals surface area contributed by atoms with Crippen molar-refractivity contribution in [2.75, 3.05) is 0 Å². The minimum Gasteiger partial charge on any atom is -0.462 e. The summed E-state index contributed by atoms with van der Waals surface area (Å²) in [5, 5.41) is 20.3. The zero-order valence-electron chi connectivity index (χ0n) is 19.7. The molecule has 31 heavy (non-hydrogen) atoms. The molecule has 2 rings (SSSR count). The van der Waals surface area contributed by atoms with Gasteiger partial charge >= 0.3 is 5.97 Å². The third kappa shape index (κ3) is 8.32. The quantitative estimate of drug-likeness (QED) is 0.501. The van der Waals surface area contributed by atoms with Crippen LogP contribution in [0.25, 0.3) is 0 Å². The highest BCUT2D eigenvalue weighted by molar-refractivity contribution is 5.85. The van der Waals surface area contributed by atoms with Gasteiger partial charge in [-0.15, -0.1) is 0 Å². The van der Waals surface area contributed by atoms with Gasteiger partial charge in [0.2, 0.25) is 0 Å². The van der Waals surface area contributed by atoms with Gasteiger partial charge in [0.05, 0.1) is 24.2 Å². The van der Waals surface area contributed by atoms with E-state index in [0.717, 1.165) is 37.7 Å². The van der Waals surface area contributed by atoms with Crippen molar-refractivity contribution in [3.8, 4) is 0 Å². The molecule has 6 nitrogen and oxygen atoms in total. The molecule has 0 aromatic carbocycles. The third-order valence-electron chi connectivity index (χ3n) is 6.71. The molecule has 0 radical (unpaired) electrons. The molecule has 2 N–H and O–H groups in total. The largest absolute Gasteiger partial charge is 0.462 e. The van der Waals surface area contributed by atoms with Crippen LogP contribution in [0.15, 0.2) is 12.2 Å². The molecule has 2 aliphatic rings. The minimum absolute atomic E-state index is 0.0856. The molecule has 8 atom stereocenters. The number of carbonyl (C=O) groups excluding carboxylic acids is 2. The van der Waals surface area contributed by atoms with Crippen LogP contribution in [0.3, 0.4) is 0 Å². The number of Topliss-reactive ketones (excluding diaryl/α,β-unsaturated/α-hetero) is 1. The summed E-state index contributed by atoms with van der Waals surface area (Å²) in [5.41, 5.74) is 0.783. The Bertz CT molecular complexity index is 615. The second-order valence-electron chi connectivity index (χ2n) is 10.1. The van der Waals surface area contributed by atoms with Gasteiger partial charge < -0.3 is 19.7 Å². The van der Waals surface area contributed by atoms with Gasteiger partial charge in [-0.05, 0) is 38.5 Å². The summed E-state index contributed by atoms with van der Waals surface area (Å²) >= 11 is 0. The number of aliphatic hydroxyl groups excluding tert-OH is 2. The molecular formula is C25H42O6. The van der Waals surface area contributed by atoms with Crippen LogP contribution in [0.5, 0.6) is 0 Å². The molecule has 178 valence electrons. The normalized spacial score (nSPS) is 38.3. The standard InChI is InChI=1S/C25H42O6/c1-15-10-18(4)24(28)22(27)14-21-12-17(3)23(30-21)9-7-6-8-16(2)25(29)31-20(11-15)13-19(5)26/h16-23,26-27H,1,6-14H2,2-5H3. The van der Waals surface area contributed by atoms with E-state index >= 15 is 0 Å². The van der Waals surface area contributed by atoms with Gasteiger partial charge in [0.15, 0.2) is 5.78 Å². The van der Waals surface area contributed by atoms with E-state index in [9.17, 15) is 19.8 Å². The molecule has 0 aromatic rings. The summed E-state index contributed by atoms with van der Waals surface area (Å²) in [4.78, 5) is 25.3. The lowest BCUT2D eigenvalue weighted by molar-refractivity contribution is -0.155. The number of aliphatic hydroxyl groups is 2. The van der Waals surface area contributed by atoms with E-state index in [0.29, 0.717) is 31.6 Å². The number of hydrogen-bond acceptors (Lipinski definition) is 6. The lowest BCUT2D eigenvalue weighted by atomic mass is 9.89. The first-order valence-electron chi connectivity index (χ1n) is 12.0. The Hall–Kier alpha value is -1.24. The van der Waals surface area contributed by atoms with Gasteiger partial charge in [-0.25, -0.2) is 0 Å². The van der Waals surface area contributed by atoms with Crippen LogP contribution in [0.2, 0.25) is 0 Å². The Morgan fingerprint density at radius 3 is 2.42 bits per heavy atom. The number of hydrogen-bond donors (Lipinski definition) is 2. The fourth-order valence-corrected chi connectivity index (χ4v) is 4.89. The lowest BCUT2D eigenvalue weighted by Gasteiger charge is -2.24. The smallest absolute Gasteiger partial charge is 0.308 e. The van der Waals surface area contributed by atoms with Crippen molar-refractivity contribution in [2.45, 2.75) is 116 Å². The van der Waals surface area contributed by atoms with Crippen LogP contribution < -0.4 is 0 Å².